The highest BCUT2D eigenvalue weighted by atomic mass is 19.1. The fourth-order valence-corrected chi connectivity index (χ4v) is 2.73. The van der Waals surface area contributed by atoms with Crippen molar-refractivity contribution in [1.82, 2.24) is 5.32 Å². The van der Waals surface area contributed by atoms with Gasteiger partial charge in [-0.25, -0.2) is 4.39 Å². The molecule has 2 nitrogen and oxygen atoms in total. The van der Waals surface area contributed by atoms with Crippen molar-refractivity contribution < 1.29 is 9.13 Å². The lowest BCUT2D eigenvalue weighted by Crippen LogP contribution is -2.44. The Morgan fingerprint density at radius 1 is 1.29 bits per heavy atom. The third-order valence-corrected chi connectivity index (χ3v) is 3.70. The molecule has 0 spiro atoms. The number of benzene rings is 1. The SMILES string of the molecule is CNC1C(Oc2ccc(F)cc2)CCC1(C)C. The predicted molar refractivity (Wildman–Crippen MR) is 66.7 cm³/mol. The molecule has 3 heteroatoms. The van der Waals surface area contributed by atoms with Crippen LogP contribution in [0.25, 0.3) is 0 Å². The van der Waals surface area contributed by atoms with E-state index in [1.807, 2.05) is 7.05 Å². The largest absolute Gasteiger partial charge is 0.489 e. The molecule has 1 N–H and O–H groups in total. The summed E-state index contributed by atoms with van der Waals surface area (Å²) < 4.78 is 18.7. The fraction of sp³-hybridized carbons (Fsp3) is 0.571. The van der Waals surface area contributed by atoms with Crippen LogP contribution in [0.3, 0.4) is 0 Å². The van der Waals surface area contributed by atoms with Gasteiger partial charge in [-0.2, -0.15) is 0 Å². The summed E-state index contributed by atoms with van der Waals surface area (Å²) in [6.45, 7) is 4.50. The van der Waals surface area contributed by atoms with E-state index in [9.17, 15) is 4.39 Å². The zero-order valence-electron chi connectivity index (χ0n) is 10.7. The third-order valence-electron chi connectivity index (χ3n) is 3.70. The van der Waals surface area contributed by atoms with Crippen molar-refractivity contribution in [3.8, 4) is 5.75 Å². The number of hydrogen-bond donors (Lipinski definition) is 1. The minimum Gasteiger partial charge on any atom is -0.489 e. The van der Waals surface area contributed by atoms with E-state index < -0.39 is 0 Å². The fourth-order valence-electron chi connectivity index (χ4n) is 2.73. The van der Waals surface area contributed by atoms with Crippen LogP contribution < -0.4 is 10.1 Å². The smallest absolute Gasteiger partial charge is 0.123 e. The van der Waals surface area contributed by atoms with Crippen LogP contribution in [0, 0.1) is 11.2 Å². The average Bonchev–Trinajstić information content (AvgIpc) is 2.57. The number of likely N-dealkylation sites (N-methyl/N-ethyl adjacent to an activating group) is 1. The molecule has 2 rings (SSSR count). The van der Waals surface area contributed by atoms with Crippen LogP contribution >= 0.6 is 0 Å². The lowest BCUT2D eigenvalue weighted by atomic mass is 9.87. The molecule has 1 saturated carbocycles. The van der Waals surface area contributed by atoms with Crippen molar-refractivity contribution in [3.63, 3.8) is 0 Å². The van der Waals surface area contributed by atoms with Crippen molar-refractivity contribution in [2.24, 2.45) is 5.41 Å². The summed E-state index contributed by atoms with van der Waals surface area (Å²) in [6, 6.07) is 6.58. The molecule has 2 atom stereocenters. The molecule has 1 fully saturated rings. The van der Waals surface area contributed by atoms with Gasteiger partial charge in [0.05, 0.1) is 0 Å². The summed E-state index contributed by atoms with van der Waals surface area (Å²) in [5.74, 6) is 0.517. The van der Waals surface area contributed by atoms with Gasteiger partial charge in [0.1, 0.15) is 17.7 Å². The van der Waals surface area contributed by atoms with Crippen LogP contribution in [-0.4, -0.2) is 19.2 Å². The van der Waals surface area contributed by atoms with Gasteiger partial charge in [-0.05, 0) is 49.6 Å². The van der Waals surface area contributed by atoms with E-state index in [0.29, 0.717) is 6.04 Å². The van der Waals surface area contributed by atoms with Crippen molar-refractivity contribution in [2.45, 2.75) is 38.8 Å². The van der Waals surface area contributed by atoms with Gasteiger partial charge in [0.25, 0.3) is 0 Å². The molecular weight excluding hydrogens is 217 g/mol. The first-order valence-corrected chi connectivity index (χ1v) is 6.12. The van der Waals surface area contributed by atoms with Crippen molar-refractivity contribution in [2.75, 3.05) is 7.05 Å². The number of hydrogen-bond acceptors (Lipinski definition) is 2. The second-order valence-corrected chi connectivity index (χ2v) is 5.40. The van der Waals surface area contributed by atoms with Gasteiger partial charge in [-0.1, -0.05) is 13.8 Å². The Bertz CT molecular complexity index is 374. The van der Waals surface area contributed by atoms with Gasteiger partial charge in [0, 0.05) is 6.04 Å². The molecule has 1 aromatic rings. The molecule has 0 bridgehead atoms. The maximum Gasteiger partial charge on any atom is 0.123 e. The molecule has 0 heterocycles. The molecule has 1 aromatic carbocycles. The van der Waals surface area contributed by atoms with E-state index in [-0.39, 0.29) is 17.3 Å². The third kappa shape index (κ3) is 2.60. The molecule has 1 aliphatic rings. The minimum absolute atomic E-state index is 0.167. The Labute approximate surface area is 102 Å². The predicted octanol–water partition coefficient (Wildman–Crippen LogP) is 2.98. The second-order valence-electron chi connectivity index (χ2n) is 5.40. The summed E-state index contributed by atoms with van der Waals surface area (Å²) in [4.78, 5) is 0. The molecule has 0 aliphatic heterocycles. The van der Waals surface area contributed by atoms with Gasteiger partial charge in [-0.15, -0.1) is 0 Å². The Morgan fingerprint density at radius 2 is 1.94 bits per heavy atom. The normalized spacial score (nSPS) is 27.1. The highest BCUT2D eigenvalue weighted by Gasteiger charge is 2.42. The maximum atomic E-state index is 12.8. The molecule has 2 unspecified atom stereocenters. The van der Waals surface area contributed by atoms with E-state index in [1.165, 1.54) is 12.1 Å². The first-order chi connectivity index (χ1) is 8.03. The van der Waals surface area contributed by atoms with Gasteiger partial charge in [0.15, 0.2) is 0 Å². The van der Waals surface area contributed by atoms with Gasteiger partial charge in [0.2, 0.25) is 0 Å². The Kier molecular flexibility index (Phi) is 3.38. The summed E-state index contributed by atoms with van der Waals surface area (Å²) >= 11 is 0. The van der Waals surface area contributed by atoms with E-state index in [1.54, 1.807) is 12.1 Å². The van der Waals surface area contributed by atoms with Crippen LogP contribution in [0.2, 0.25) is 0 Å². The van der Waals surface area contributed by atoms with E-state index in [2.05, 4.69) is 19.2 Å². The van der Waals surface area contributed by atoms with Crippen molar-refractivity contribution >= 4 is 0 Å². The zero-order chi connectivity index (χ0) is 12.5. The summed E-state index contributed by atoms with van der Waals surface area (Å²) in [7, 11) is 1.97. The Balaban J connectivity index is 2.07. The number of nitrogens with one attached hydrogen (secondary N) is 1. The molecule has 94 valence electrons. The first kappa shape index (κ1) is 12.4. The molecule has 0 saturated heterocycles. The molecule has 17 heavy (non-hydrogen) atoms. The molecular formula is C14H20FNO. The molecule has 0 aromatic heterocycles. The molecule has 0 radical (unpaired) electrons. The monoisotopic (exact) mass is 237 g/mol. The second kappa shape index (κ2) is 4.65. The number of rotatable bonds is 3. The summed E-state index contributed by atoms with van der Waals surface area (Å²) in [5.41, 5.74) is 0.249. The Morgan fingerprint density at radius 3 is 2.53 bits per heavy atom. The zero-order valence-corrected chi connectivity index (χ0v) is 10.7. The Hall–Kier alpha value is -1.09. The van der Waals surface area contributed by atoms with Crippen molar-refractivity contribution in [3.05, 3.63) is 30.1 Å². The average molecular weight is 237 g/mol. The summed E-state index contributed by atoms with van der Waals surface area (Å²) in [6.07, 6.45) is 2.35. The first-order valence-electron chi connectivity index (χ1n) is 6.12. The van der Waals surface area contributed by atoms with E-state index in [4.69, 9.17) is 4.74 Å². The van der Waals surface area contributed by atoms with Crippen LogP contribution in [0.15, 0.2) is 24.3 Å². The number of ether oxygens (including phenoxy) is 1. The lowest BCUT2D eigenvalue weighted by Gasteiger charge is -2.30. The van der Waals surface area contributed by atoms with Crippen LogP contribution in [0.1, 0.15) is 26.7 Å². The standard InChI is InChI=1S/C14H20FNO/c1-14(2)9-8-12(13(14)16-3)17-11-6-4-10(15)5-7-11/h4-7,12-13,16H,8-9H2,1-3H3. The van der Waals surface area contributed by atoms with E-state index >= 15 is 0 Å². The molecule has 1 aliphatic carbocycles. The number of halogens is 1. The van der Waals surface area contributed by atoms with Crippen LogP contribution in [0.4, 0.5) is 4.39 Å². The minimum atomic E-state index is -0.228. The van der Waals surface area contributed by atoms with Gasteiger partial charge < -0.3 is 10.1 Å². The van der Waals surface area contributed by atoms with Gasteiger partial charge in [-0.3, -0.25) is 0 Å². The van der Waals surface area contributed by atoms with Gasteiger partial charge >= 0.3 is 0 Å². The van der Waals surface area contributed by atoms with E-state index in [0.717, 1.165) is 18.6 Å². The highest BCUT2D eigenvalue weighted by Crippen LogP contribution is 2.39. The maximum absolute atomic E-state index is 12.8. The lowest BCUT2D eigenvalue weighted by molar-refractivity contribution is 0.146. The van der Waals surface area contributed by atoms with Crippen LogP contribution in [-0.2, 0) is 0 Å². The highest BCUT2D eigenvalue weighted by molar-refractivity contribution is 5.23. The quantitative estimate of drug-likeness (QED) is 0.872. The molecule has 0 amide bonds. The van der Waals surface area contributed by atoms with Crippen LogP contribution in [0.5, 0.6) is 5.75 Å². The van der Waals surface area contributed by atoms with Crippen molar-refractivity contribution in [1.29, 1.82) is 0 Å². The topological polar surface area (TPSA) is 21.3 Å². The summed E-state index contributed by atoms with van der Waals surface area (Å²) in [5, 5.41) is 3.34.